The Hall–Kier alpha value is -12.5. The number of carboxylic acids is 1. The Labute approximate surface area is 802 Å². The Morgan fingerprint density at radius 2 is 1.11 bits per heavy atom. The standard InChI is InChI=1S/C94H108Cl2N10O33/c1-5-6-7-12-23-98-90(128)83-79(120)77(118)72(101-64(114)14-11-9-8-10-13-38(2)3)93(139-83)138-82-60-31-45-32-61(82)133-57-22-18-43(29-52(57)96)81(137-92-71(99-39(4)109)76(117)74(115)62(36-107)135-92)73-89(127)105-70(91(129)130)50-34-47(111)35-59(134-94-80(121)78(119)75(116)63(37-108)136-94)65(50)49-28-42(17-19-54(49)112)67(86(124)106-73)103-88(126)69(45)104-87(125)68-44-26-46(110)33-48(27-44)131-58-30-41(16-20-55(58)113)66(97)85(123)100-53(84(122)102-68)25-40-15-21-56(132-60)51(95)24-40/h15-22,24,26-35,38,53,62-63,66-81,83,92-94,107-108,110-113,115-121H,5-14,23,25,36-37,97H2,1-4H3,(H,98,128)(H,99,109)(H,100,123)(H,101,114)(H,102,122)(H,103,126)(H,104,125)(H,105,127)(H,106,124)(H,129,130)/t53-,62-,63-,66-,67-,68+,69-,70+,71-,72-,73+,74-,75-,76-,77-,78+,79+,80+,81-,83+,92+,93-,94+/m1/s1. The van der Waals surface area contributed by atoms with Crippen LogP contribution in [0.25, 0.3) is 11.1 Å². The predicted molar refractivity (Wildman–Crippen MR) is 483 cm³/mol. The molecule has 17 bridgehead atoms. The lowest BCUT2D eigenvalue weighted by molar-refractivity contribution is -0.284. The lowest BCUT2D eigenvalue weighted by Crippen LogP contribution is -2.67. The molecular weight excluding hydrogens is 1870 g/mol. The third kappa shape index (κ3) is 23.1. The molecule has 0 spiro atoms. The Balaban J connectivity index is 1.04. The molecule has 139 heavy (non-hydrogen) atoms. The van der Waals surface area contributed by atoms with E-state index in [0.717, 1.165) is 124 Å². The highest BCUT2D eigenvalue weighted by atomic mass is 35.5. The van der Waals surface area contributed by atoms with Gasteiger partial charge in [-0.3, -0.25) is 43.2 Å². The van der Waals surface area contributed by atoms with Gasteiger partial charge in [0.2, 0.25) is 65.6 Å². The molecule has 0 aliphatic carbocycles. The van der Waals surface area contributed by atoms with Crippen LogP contribution in [0.4, 0.5) is 0 Å². The molecule has 0 saturated carbocycles. The first-order chi connectivity index (χ1) is 66.3. The number of halogens is 2. The second-order valence-corrected chi connectivity index (χ2v) is 36.0. The monoisotopic (exact) mass is 1970 g/mol. The number of aliphatic hydroxyl groups is 9. The molecule has 9 aliphatic rings. The zero-order chi connectivity index (χ0) is 100.0. The molecule has 9 amide bonds. The van der Waals surface area contributed by atoms with Crippen molar-refractivity contribution in [2.45, 2.75) is 239 Å². The van der Waals surface area contributed by atoms with Gasteiger partial charge < -0.3 is 168 Å². The van der Waals surface area contributed by atoms with Crippen LogP contribution in [0.5, 0.6) is 69.0 Å². The van der Waals surface area contributed by atoms with Crippen molar-refractivity contribution < 1.29 is 162 Å². The molecule has 45 heteroatoms. The number of carbonyl (C=O) groups excluding carboxylic acids is 9. The van der Waals surface area contributed by atoms with E-state index in [1.54, 1.807) is 0 Å². The molecule has 3 fully saturated rings. The van der Waals surface area contributed by atoms with E-state index in [2.05, 4.69) is 61.7 Å². The SMILES string of the molecule is CCCCCCNC(=O)[C@H]1O[C@@H](Oc2c3cc4cc2Oc2ccc(cc2Cl)[C@@H](O[C@@H]2O[C@H](CO)[C@@H](O)[C@H](O)[C@H]2NC(C)=O)[C@@H]2NC(=O)[C@H](NC(=O)[C@@H]4NC(=O)[C@H]4NC(=O)[C@@H](Cc5ccc(c(Cl)c5)O3)NC(=O)[C@H](N)c3ccc(O)c(c3)Oc3cc(O)cc4c3)c3ccc(O)c(c3)-c3c(O[C@H]4O[C@H](CO)[C@@H](O)[C@H](O)[C@@H]4O)cc(O)cc3[C@@H](C(=O)O)NC2=O)[C@H](NC(=O)CCCCCCC(C)C)[C@@H](O)[C@@H]1O. The minimum absolute atomic E-state index is 0.0224. The van der Waals surface area contributed by atoms with E-state index in [4.69, 9.17) is 71.6 Å². The number of aliphatic carboxylic acids is 1. The van der Waals surface area contributed by atoms with Crippen LogP contribution in [0, 0.1) is 5.92 Å². The summed E-state index contributed by atoms with van der Waals surface area (Å²) in [4.78, 5) is 154. The Bertz CT molecular complexity index is 5780. The van der Waals surface area contributed by atoms with Gasteiger partial charge in [0.25, 0.3) is 5.91 Å². The van der Waals surface area contributed by atoms with Crippen LogP contribution in [-0.2, 0) is 73.3 Å². The van der Waals surface area contributed by atoms with Crippen molar-refractivity contribution in [1.29, 1.82) is 0 Å². The summed E-state index contributed by atoms with van der Waals surface area (Å²) < 4.78 is 58.1. The van der Waals surface area contributed by atoms with E-state index in [1.165, 1.54) is 30.3 Å². The maximum absolute atomic E-state index is 17.2. The van der Waals surface area contributed by atoms with Crippen molar-refractivity contribution >= 4 is 82.3 Å². The normalized spacial score (nSPS) is 28.0. The third-order valence-electron chi connectivity index (χ3n) is 24.7. The van der Waals surface area contributed by atoms with E-state index in [0.29, 0.717) is 31.6 Å². The fourth-order valence-electron chi connectivity index (χ4n) is 17.3. The summed E-state index contributed by atoms with van der Waals surface area (Å²) in [5.41, 5.74) is 2.75. The van der Waals surface area contributed by atoms with Gasteiger partial charge in [0, 0.05) is 55.1 Å². The molecule has 3 saturated heterocycles. The number of carbonyl (C=O) groups is 10. The lowest BCUT2D eigenvalue weighted by Gasteiger charge is -2.44. The predicted octanol–water partition coefficient (Wildman–Crippen LogP) is 2.72. The van der Waals surface area contributed by atoms with Crippen LogP contribution in [0.3, 0.4) is 0 Å². The zero-order valence-corrected chi connectivity index (χ0v) is 76.6. The number of fused-ring (bicyclic) bond motifs is 14. The maximum Gasteiger partial charge on any atom is 0.330 e. The fourth-order valence-corrected chi connectivity index (χ4v) is 17.8. The Morgan fingerprint density at radius 3 is 1.77 bits per heavy atom. The molecule has 7 aromatic carbocycles. The van der Waals surface area contributed by atoms with Gasteiger partial charge >= 0.3 is 5.97 Å². The lowest BCUT2D eigenvalue weighted by atomic mass is 9.89. The molecule has 16 rings (SSSR count). The van der Waals surface area contributed by atoms with Crippen LogP contribution in [0.1, 0.15) is 167 Å². The van der Waals surface area contributed by atoms with E-state index < -0.39 is 315 Å². The topological polar surface area (TPSA) is 671 Å². The van der Waals surface area contributed by atoms with Gasteiger partial charge in [0.1, 0.15) is 150 Å². The van der Waals surface area contributed by atoms with Crippen molar-refractivity contribution in [2.75, 3.05) is 19.8 Å². The van der Waals surface area contributed by atoms with Gasteiger partial charge in [-0.15, -0.1) is 0 Å². The van der Waals surface area contributed by atoms with Gasteiger partial charge in [-0.25, -0.2) is 4.79 Å². The largest absolute Gasteiger partial charge is 0.508 e. The summed E-state index contributed by atoms with van der Waals surface area (Å²) in [6.07, 6.45) is -24.1. The number of hydrogen-bond donors (Lipinski definition) is 24. The molecule has 43 nitrogen and oxygen atoms in total. The van der Waals surface area contributed by atoms with Crippen molar-refractivity contribution in [2.24, 2.45) is 11.7 Å². The number of carboxylic acid groups (broad SMARTS) is 1. The van der Waals surface area contributed by atoms with E-state index in [9.17, 15) is 95.5 Å². The number of unbranched alkanes of at least 4 members (excludes halogenated alkanes) is 6. The van der Waals surface area contributed by atoms with Crippen LogP contribution in [-0.4, -0.2) is 254 Å². The van der Waals surface area contributed by atoms with Crippen LogP contribution >= 0.6 is 23.2 Å². The van der Waals surface area contributed by atoms with Gasteiger partial charge in [-0.05, 0) is 131 Å². The number of aliphatic hydroxyl groups excluding tert-OH is 9. The second kappa shape index (κ2) is 44.3. The van der Waals surface area contributed by atoms with E-state index in [-0.39, 0.29) is 46.4 Å². The van der Waals surface area contributed by atoms with Crippen molar-refractivity contribution in [3.8, 4) is 80.1 Å². The Kier molecular flexibility index (Phi) is 32.6. The highest BCUT2D eigenvalue weighted by Gasteiger charge is 2.53. The molecular formula is C94H108Cl2N10O33. The highest BCUT2D eigenvalue weighted by molar-refractivity contribution is 6.32. The quantitative estimate of drug-likeness (QED) is 0.0387. The maximum atomic E-state index is 17.2. The molecule has 23 atom stereocenters. The number of ether oxygens (including phenoxy) is 9. The number of rotatable bonds is 24. The molecule has 25 N–H and O–H groups in total. The average molecular weight is 1980 g/mol. The van der Waals surface area contributed by atoms with E-state index in [1.807, 2.05) is 6.92 Å². The minimum Gasteiger partial charge on any atom is -0.508 e. The molecule has 9 heterocycles. The summed E-state index contributed by atoms with van der Waals surface area (Å²) >= 11 is 14.9. The van der Waals surface area contributed by atoms with Crippen molar-refractivity contribution in [1.82, 2.24) is 47.9 Å². The Morgan fingerprint density at radius 1 is 0.518 bits per heavy atom. The van der Waals surface area contributed by atoms with Crippen LogP contribution < -0.4 is 77.3 Å². The number of phenolic OH excluding ortho intramolecular Hbond substituents is 4. The first kappa shape index (κ1) is 102. The van der Waals surface area contributed by atoms with Crippen molar-refractivity contribution in [3.05, 3.63) is 164 Å². The van der Waals surface area contributed by atoms with Crippen molar-refractivity contribution in [3.63, 3.8) is 0 Å². The number of aromatic hydroxyl groups is 4. The number of phenols is 4. The van der Waals surface area contributed by atoms with E-state index >= 15 is 24.0 Å². The molecule has 746 valence electrons. The molecule has 9 aliphatic heterocycles. The summed E-state index contributed by atoms with van der Waals surface area (Å²) in [6.45, 7) is 4.98. The summed E-state index contributed by atoms with van der Waals surface area (Å²) in [7, 11) is 0. The van der Waals surface area contributed by atoms with Crippen LogP contribution in [0.15, 0.2) is 115 Å². The number of amides is 9. The minimum atomic E-state index is -2.61. The summed E-state index contributed by atoms with van der Waals surface area (Å²) in [5, 5.41) is 184. The van der Waals surface area contributed by atoms with Gasteiger partial charge in [-0.2, -0.15) is 0 Å². The number of hydrogen-bond acceptors (Lipinski definition) is 33. The van der Waals surface area contributed by atoms with Gasteiger partial charge in [-0.1, -0.05) is 113 Å². The highest BCUT2D eigenvalue weighted by Crippen LogP contribution is 2.51. The summed E-state index contributed by atoms with van der Waals surface area (Å²) in [5.74, 6) is -20.4. The molecule has 0 unspecified atom stereocenters. The first-order valence-electron chi connectivity index (χ1n) is 45.0. The van der Waals surface area contributed by atoms with Crippen LogP contribution in [0.2, 0.25) is 10.0 Å². The van der Waals surface area contributed by atoms with Gasteiger partial charge in [0.05, 0.1) is 23.3 Å². The summed E-state index contributed by atoms with van der Waals surface area (Å²) in [6, 6.07) is 0.450. The fraction of sp³-hybridized carbons (Fsp3) is 0.447. The third-order valence-corrected chi connectivity index (χ3v) is 25.3. The molecule has 7 aromatic rings. The van der Waals surface area contributed by atoms with Gasteiger partial charge in [0.15, 0.2) is 41.4 Å². The molecule has 0 radical (unpaired) electrons. The number of benzene rings is 7. The number of nitrogens with two attached hydrogens (primary N) is 1. The zero-order valence-electron chi connectivity index (χ0n) is 75.1. The first-order valence-corrected chi connectivity index (χ1v) is 45.8. The average Bonchev–Trinajstić information content (AvgIpc) is 0.753. The number of nitrogens with one attached hydrogen (secondary N) is 9. The molecule has 0 aromatic heterocycles. The smallest absolute Gasteiger partial charge is 0.330 e. The second-order valence-electron chi connectivity index (χ2n) is 35.2.